The Labute approximate surface area is 104 Å². The number of hydrogen-bond acceptors (Lipinski definition) is 3. The second-order valence-electron chi connectivity index (χ2n) is 3.55. The molecule has 0 unspecified atom stereocenters. The molecule has 4 nitrogen and oxygen atoms in total. The van der Waals surface area contributed by atoms with Crippen LogP contribution in [0.15, 0.2) is 30.3 Å². The molecule has 1 rings (SSSR count). The number of ether oxygens (including phenoxy) is 1. The number of allylic oxidation sites excluding steroid dienone is 1. The third kappa shape index (κ3) is 4.01. The van der Waals surface area contributed by atoms with Gasteiger partial charge in [0.2, 0.25) is 0 Å². The van der Waals surface area contributed by atoms with Crippen molar-refractivity contribution in [3.63, 3.8) is 0 Å². The maximum Gasteiger partial charge on any atom is 0.338 e. The second kappa shape index (κ2) is 6.54. The number of methoxy groups -OCH3 is 1. The molecule has 18 heavy (non-hydrogen) atoms. The SMILES string of the molecule is COC(=O)/C(=C\CCC(=O)O)c1ccc(F)cc1. The van der Waals surface area contributed by atoms with Crippen molar-refractivity contribution in [1.29, 1.82) is 0 Å². The molecule has 0 fully saturated rings. The fourth-order valence-corrected chi connectivity index (χ4v) is 1.40. The van der Waals surface area contributed by atoms with Gasteiger partial charge >= 0.3 is 11.9 Å². The molecule has 0 aliphatic rings. The highest BCUT2D eigenvalue weighted by molar-refractivity contribution is 6.16. The number of carboxylic acids is 1. The highest BCUT2D eigenvalue weighted by Crippen LogP contribution is 2.17. The molecule has 1 aromatic carbocycles. The number of benzene rings is 1. The van der Waals surface area contributed by atoms with E-state index < -0.39 is 17.8 Å². The Balaban J connectivity index is 2.94. The van der Waals surface area contributed by atoms with Crippen LogP contribution < -0.4 is 0 Å². The Bertz CT molecular complexity index is 462. The average Bonchev–Trinajstić information content (AvgIpc) is 2.35. The second-order valence-corrected chi connectivity index (χ2v) is 3.55. The first kappa shape index (κ1) is 13.9. The van der Waals surface area contributed by atoms with Gasteiger partial charge in [0.15, 0.2) is 0 Å². The summed E-state index contributed by atoms with van der Waals surface area (Å²) in [5.74, 6) is -1.94. The lowest BCUT2D eigenvalue weighted by Crippen LogP contribution is -2.04. The molecule has 0 saturated carbocycles. The van der Waals surface area contributed by atoms with Gasteiger partial charge in [-0.1, -0.05) is 18.2 Å². The molecule has 0 radical (unpaired) electrons. The predicted octanol–water partition coefficient (Wildman–Crippen LogP) is 2.25. The number of carbonyl (C=O) groups excluding carboxylic acids is 1. The number of rotatable bonds is 5. The fourth-order valence-electron chi connectivity index (χ4n) is 1.40. The summed E-state index contributed by atoms with van der Waals surface area (Å²) in [5, 5.41) is 8.53. The quantitative estimate of drug-likeness (QED) is 0.644. The summed E-state index contributed by atoms with van der Waals surface area (Å²) in [7, 11) is 1.23. The number of halogens is 1. The molecule has 96 valence electrons. The predicted molar refractivity (Wildman–Crippen MR) is 63.3 cm³/mol. The van der Waals surface area contributed by atoms with Gasteiger partial charge in [-0.05, 0) is 24.1 Å². The molecule has 5 heteroatoms. The minimum Gasteiger partial charge on any atom is -0.481 e. The fraction of sp³-hybridized carbons (Fsp3) is 0.231. The molecule has 1 N–H and O–H groups in total. The van der Waals surface area contributed by atoms with Crippen LogP contribution in [0.25, 0.3) is 5.57 Å². The lowest BCUT2D eigenvalue weighted by atomic mass is 10.0. The Morgan fingerprint density at radius 3 is 2.44 bits per heavy atom. The molecule has 0 spiro atoms. The third-order valence-corrected chi connectivity index (χ3v) is 2.27. The lowest BCUT2D eigenvalue weighted by molar-refractivity contribution is -0.137. The van der Waals surface area contributed by atoms with Crippen molar-refractivity contribution in [1.82, 2.24) is 0 Å². The molecule has 1 aromatic rings. The number of hydrogen-bond donors (Lipinski definition) is 1. The van der Waals surface area contributed by atoms with E-state index >= 15 is 0 Å². The first-order valence-electron chi connectivity index (χ1n) is 5.31. The smallest absolute Gasteiger partial charge is 0.338 e. The van der Waals surface area contributed by atoms with Crippen LogP contribution in [-0.2, 0) is 14.3 Å². The third-order valence-electron chi connectivity index (χ3n) is 2.27. The summed E-state index contributed by atoms with van der Waals surface area (Å²) in [6, 6.07) is 5.34. The van der Waals surface area contributed by atoms with Crippen molar-refractivity contribution < 1.29 is 23.8 Å². The number of carbonyl (C=O) groups is 2. The van der Waals surface area contributed by atoms with Gasteiger partial charge in [0.25, 0.3) is 0 Å². The van der Waals surface area contributed by atoms with Crippen LogP contribution in [0.2, 0.25) is 0 Å². The standard InChI is InChI=1S/C13H13FO4/c1-18-13(17)11(3-2-4-12(15)16)9-5-7-10(14)8-6-9/h3,5-8H,2,4H2,1H3,(H,15,16)/b11-3-. The van der Waals surface area contributed by atoms with Crippen molar-refractivity contribution in [2.75, 3.05) is 7.11 Å². The summed E-state index contributed by atoms with van der Waals surface area (Å²) >= 11 is 0. The van der Waals surface area contributed by atoms with Gasteiger partial charge in [-0.3, -0.25) is 4.79 Å². The molecule has 0 heterocycles. The van der Waals surface area contributed by atoms with E-state index in [4.69, 9.17) is 5.11 Å². The van der Waals surface area contributed by atoms with E-state index in [0.717, 1.165) is 0 Å². The Kier molecular flexibility index (Phi) is 5.05. The topological polar surface area (TPSA) is 63.6 Å². The minimum absolute atomic E-state index is 0.0817. The van der Waals surface area contributed by atoms with Crippen molar-refractivity contribution in [2.24, 2.45) is 0 Å². The maximum atomic E-state index is 12.8. The van der Waals surface area contributed by atoms with Gasteiger partial charge < -0.3 is 9.84 Å². The Hall–Kier alpha value is -2.17. The summed E-state index contributed by atoms with van der Waals surface area (Å²) in [4.78, 5) is 21.9. The van der Waals surface area contributed by atoms with Gasteiger partial charge in [-0.25, -0.2) is 9.18 Å². The van der Waals surface area contributed by atoms with Crippen LogP contribution >= 0.6 is 0 Å². The van der Waals surface area contributed by atoms with E-state index in [9.17, 15) is 14.0 Å². The number of carboxylic acid groups (broad SMARTS) is 1. The van der Waals surface area contributed by atoms with Gasteiger partial charge in [0, 0.05) is 6.42 Å². The van der Waals surface area contributed by atoms with Crippen LogP contribution in [0.4, 0.5) is 4.39 Å². The van der Waals surface area contributed by atoms with E-state index in [1.165, 1.54) is 37.5 Å². The zero-order chi connectivity index (χ0) is 13.5. The molecule has 0 aromatic heterocycles. The average molecular weight is 252 g/mol. The van der Waals surface area contributed by atoms with Crippen molar-refractivity contribution >= 4 is 17.5 Å². The molecular weight excluding hydrogens is 239 g/mol. The van der Waals surface area contributed by atoms with Crippen molar-refractivity contribution in [3.05, 3.63) is 41.7 Å². The van der Waals surface area contributed by atoms with E-state index in [0.29, 0.717) is 5.56 Å². The molecule has 0 amide bonds. The molecule has 0 atom stereocenters. The molecule has 0 aliphatic carbocycles. The number of aliphatic carboxylic acids is 1. The van der Waals surface area contributed by atoms with Crippen LogP contribution in [0.3, 0.4) is 0 Å². The Morgan fingerprint density at radius 1 is 1.33 bits per heavy atom. The molecule has 0 saturated heterocycles. The zero-order valence-corrected chi connectivity index (χ0v) is 9.85. The van der Waals surface area contributed by atoms with Crippen LogP contribution in [0.1, 0.15) is 18.4 Å². The molecule has 0 bridgehead atoms. The summed E-state index contributed by atoms with van der Waals surface area (Å²) < 4.78 is 17.4. The Morgan fingerprint density at radius 2 is 1.94 bits per heavy atom. The van der Waals surface area contributed by atoms with Crippen LogP contribution in [0, 0.1) is 5.82 Å². The maximum absolute atomic E-state index is 12.8. The lowest BCUT2D eigenvalue weighted by Gasteiger charge is -2.05. The van der Waals surface area contributed by atoms with E-state index in [1.54, 1.807) is 0 Å². The largest absolute Gasteiger partial charge is 0.481 e. The monoisotopic (exact) mass is 252 g/mol. The molecular formula is C13H13FO4. The van der Waals surface area contributed by atoms with Crippen molar-refractivity contribution in [3.8, 4) is 0 Å². The van der Waals surface area contributed by atoms with Gasteiger partial charge in [-0.15, -0.1) is 0 Å². The minimum atomic E-state index is -0.949. The summed E-state index contributed by atoms with van der Waals surface area (Å²) in [6.07, 6.45) is 1.60. The first-order chi connectivity index (χ1) is 8.54. The van der Waals surface area contributed by atoms with E-state index in [1.807, 2.05) is 0 Å². The van der Waals surface area contributed by atoms with Crippen LogP contribution in [0.5, 0.6) is 0 Å². The van der Waals surface area contributed by atoms with Gasteiger partial charge in [-0.2, -0.15) is 0 Å². The summed E-state index contributed by atoms with van der Waals surface area (Å²) in [5.41, 5.74) is 0.729. The van der Waals surface area contributed by atoms with E-state index in [2.05, 4.69) is 4.74 Å². The van der Waals surface area contributed by atoms with Gasteiger partial charge in [0.05, 0.1) is 12.7 Å². The zero-order valence-electron chi connectivity index (χ0n) is 9.85. The van der Waals surface area contributed by atoms with Gasteiger partial charge in [0.1, 0.15) is 5.82 Å². The summed E-state index contributed by atoms with van der Waals surface area (Å²) in [6.45, 7) is 0. The van der Waals surface area contributed by atoms with Crippen molar-refractivity contribution in [2.45, 2.75) is 12.8 Å². The highest BCUT2D eigenvalue weighted by atomic mass is 19.1. The normalized spacial score (nSPS) is 11.1. The molecule has 0 aliphatic heterocycles. The number of esters is 1. The first-order valence-corrected chi connectivity index (χ1v) is 5.31. The van der Waals surface area contributed by atoms with E-state index in [-0.39, 0.29) is 18.4 Å². The highest BCUT2D eigenvalue weighted by Gasteiger charge is 2.12. The van der Waals surface area contributed by atoms with Crippen LogP contribution in [-0.4, -0.2) is 24.2 Å².